The highest BCUT2D eigenvalue weighted by Crippen LogP contribution is 2.73. The van der Waals surface area contributed by atoms with E-state index < -0.39 is 0 Å². The van der Waals surface area contributed by atoms with Gasteiger partial charge in [-0.3, -0.25) is 0 Å². The van der Waals surface area contributed by atoms with Crippen molar-refractivity contribution in [3.05, 3.63) is 11.6 Å². The first-order valence-electron chi connectivity index (χ1n) is 11.5. The molecule has 0 aromatic carbocycles. The molecule has 6 atom stereocenters. The summed E-state index contributed by atoms with van der Waals surface area (Å²) in [6, 6.07) is 0. The molecule has 0 spiro atoms. The Morgan fingerprint density at radius 2 is 1.60 bits per heavy atom. The Morgan fingerprint density at radius 3 is 2.28 bits per heavy atom. The first-order valence-corrected chi connectivity index (χ1v) is 11.5. The maximum atomic E-state index is 2.78. The second-order valence-corrected chi connectivity index (χ2v) is 10.6. The van der Waals surface area contributed by atoms with Crippen LogP contribution in [0.5, 0.6) is 0 Å². The molecule has 25 heavy (non-hydrogen) atoms. The fraction of sp³-hybridized carbons (Fsp3) is 0.920. The second kappa shape index (κ2) is 6.42. The summed E-state index contributed by atoms with van der Waals surface area (Å²) >= 11 is 0. The highest BCUT2D eigenvalue weighted by atomic mass is 14.7. The number of hydrogen-bond acceptors (Lipinski definition) is 0. The van der Waals surface area contributed by atoms with Gasteiger partial charge in [-0.05, 0) is 78.4 Å². The molecule has 4 rings (SSSR count). The highest BCUT2D eigenvalue weighted by Gasteiger charge is 2.63. The summed E-state index contributed by atoms with van der Waals surface area (Å²) < 4.78 is 0. The Balaban J connectivity index is 0.000000880. The van der Waals surface area contributed by atoms with Gasteiger partial charge in [0.2, 0.25) is 0 Å². The van der Waals surface area contributed by atoms with E-state index in [9.17, 15) is 0 Å². The lowest BCUT2D eigenvalue weighted by atomic mass is 9.39. The van der Waals surface area contributed by atoms with Crippen LogP contribution in [0.1, 0.15) is 113 Å². The molecule has 0 bridgehead atoms. The zero-order chi connectivity index (χ0) is 18.5. The van der Waals surface area contributed by atoms with Crippen LogP contribution in [-0.2, 0) is 0 Å². The van der Waals surface area contributed by atoms with Crippen LogP contribution in [-0.4, -0.2) is 0 Å². The van der Waals surface area contributed by atoms with Crippen LogP contribution >= 0.6 is 0 Å². The van der Waals surface area contributed by atoms with Gasteiger partial charge >= 0.3 is 0 Å². The summed E-state index contributed by atoms with van der Waals surface area (Å²) in [6.45, 7) is 17.0. The predicted octanol–water partition coefficient (Wildman–Crippen LogP) is 8.17. The molecule has 144 valence electrons. The Morgan fingerprint density at radius 1 is 0.920 bits per heavy atom. The molecule has 0 heteroatoms. The van der Waals surface area contributed by atoms with Crippen LogP contribution in [0.3, 0.4) is 0 Å². The molecule has 0 aliphatic heterocycles. The second-order valence-electron chi connectivity index (χ2n) is 10.6. The van der Waals surface area contributed by atoms with Gasteiger partial charge in [0.15, 0.2) is 0 Å². The third kappa shape index (κ3) is 2.45. The molecule has 0 saturated heterocycles. The molecule has 4 aliphatic carbocycles. The van der Waals surface area contributed by atoms with E-state index in [1.165, 1.54) is 64.2 Å². The van der Waals surface area contributed by atoms with Gasteiger partial charge in [-0.1, -0.05) is 79.4 Å². The first-order chi connectivity index (χ1) is 11.8. The molecular weight excluding hydrogens is 300 g/mol. The lowest BCUT2D eigenvalue weighted by molar-refractivity contribution is -0.0671. The minimum Gasteiger partial charge on any atom is -0.0836 e. The first kappa shape index (κ1) is 19.5. The van der Waals surface area contributed by atoms with Gasteiger partial charge in [0.1, 0.15) is 0 Å². The van der Waals surface area contributed by atoms with E-state index in [1.54, 1.807) is 0 Å². The quantitative estimate of drug-likeness (QED) is 0.421. The van der Waals surface area contributed by atoms with Crippen molar-refractivity contribution in [3.8, 4) is 0 Å². The number of fused-ring (bicyclic) bond motifs is 5. The van der Waals surface area contributed by atoms with E-state index in [-0.39, 0.29) is 0 Å². The smallest absolute Gasteiger partial charge is 0.00571 e. The summed E-state index contributed by atoms with van der Waals surface area (Å²) in [5, 5.41) is 0. The van der Waals surface area contributed by atoms with E-state index in [4.69, 9.17) is 0 Å². The van der Waals surface area contributed by atoms with Gasteiger partial charge in [-0.25, -0.2) is 0 Å². The summed E-state index contributed by atoms with van der Waals surface area (Å²) in [4.78, 5) is 0. The Bertz CT molecular complexity index is 530. The Labute approximate surface area is 158 Å². The lowest BCUT2D eigenvalue weighted by Crippen LogP contribution is -2.55. The molecule has 6 unspecified atom stereocenters. The van der Waals surface area contributed by atoms with Gasteiger partial charge in [0.05, 0.1) is 0 Å². The third-order valence-corrected chi connectivity index (χ3v) is 9.93. The van der Waals surface area contributed by atoms with Crippen molar-refractivity contribution >= 4 is 0 Å². The molecule has 0 heterocycles. The molecule has 0 aromatic rings. The van der Waals surface area contributed by atoms with Crippen LogP contribution in [0.15, 0.2) is 11.6 Å². The zero-order valence-corrected chi connectivity index (χ0v) is 18.3. The zero-order valence-electron chi connectivity index (χ0n) is 18.3. The SMILES string of the molecule is CC.CCC1CCC2C3(C)CCC4(C)CCCCC4(C)C3=CCC12C. The van der Waals surface area contributed by atoms with E-state index in [0.717, 1.165) is 11.8 Å². The molecular formula is C25H44. The maximum absolute atomic E-state index is 2.78. The van der Waals surface area contributed by atoms with Crippen molar-refractivity contribution < 1.29 is 0 Å². The molecule has 4 aliphatic rings. The minimum absolute atomic E-state index is 0.490. The van der Waals surface area contributed by atoms with Crippen LogP contribution in [0.25, 0.3) is 0 Å². The van der Waals surface area contributed by atoms with Gasteiger partial charge in [-0.15, -0.1) is 0 Å². The van der Waals surface area contributed by atoms with E-state index >= 15 is 0 Å². The topological polar surface area (TPSA) is 0 Å². The standard InChI is InChI=1S/C23H38.C2H6/c1-6-17-9-10-18-21(17,3)14-11-19-22(18,4)16-15-20(2)12-7-8-13-23(19,20)5;1-2/h11,17-18H,6-10,12-16H2,1-5H3;1-2H3. The van der Waals surface area contributed by atoms with Crippen LogP contribution in [0, 0.1) is 33.5 Å². The monoisotopic (exact) mass is 344 g/mol. The number of allylic oxidation sites excluding steroid dienone is 2. The highest BCUT2D eigenvalue weighted by molar-refractivity contribution is 5.34. The average molecular weight is 345 g/mol. The van der Waals surface area contributed by atoms with Gasteiger partial charge < -0.3 is 0 Å². The molecule has 0 radical (unpaired) electrons. The molecule has 0 nitrogen and oxygen atoms in total. The number of hydrogen-bond donors (Lipinski definition) is 0. The van der Waals surface area contributed by atoms with Crippen molar-refractivity contribution in [2.75, 3.05) is 0 Å². The van der Waals surface area contributed by atoms with E-state index in [0.29, 0.717) is 21.7 Å². The maximum Gasteiger partial charge on any atom is -0.00571 e. The largest absolute Gasteiger partial charge is 0.0836 e. The van der Waals surface area contributed by atoms with Crippen molar-refractivity contribution in [2.24, 2.45) is 33.5 Å². The fourth-order valence-corrected chi connectivity index (χ4v) is 8.21. The molecule has 0 amide bonds. The summed E-state index contributed by atoms with van der Waals surface area (Å²) in [6.07, 6.45) is 17.3. The third-order valence-electron chi connectivity index (χ3n) is 9.93. The Hall–Kier alpha value is -0.260. The number of rotatable bonds is 1. The van der Waals surface area contributed by atoms with Crippen molar-refractivity contribution in [1.29, 1.82) is 0 Å². The molecule has 0 aromatic heterocycles. The van der Waals surface area contributed by atoms with Gasteiger partial charge in [0, 0.05) is 0 Å². The normalized spacial score (nSPS) is 51.4. The predicted molar refractivity (Wildman–Crippen MR) is 111 cm³/mol. The lowest BCUT2D eigenvalue weighted by Gasteiger charge is -2.65. The average Bonchev–Trinajstić information content (AvgIpc) is 2.95. The van der Waals surface area contributed by atoms with Crippen molar-refractivity contribution in [3.63, 3.8) is 0 Å². The summed E-state index contributed by atoms with van der Waals surface area (Å²) in [5.74, 6) is 1.91. The fourth-order valence-electron chi connectivity index (χ4n) is 8.21. The molecule has 0 N–H and O–H groups in total. The van der Waals surface area contributed by atoms with Gasteiger partial charge in [0.25, 0.3) is 0 Å². The van der Waals surface area contributed by atoms with E-state index in [1.807, 2.05) is 19.4 Å². The molecule has 3 saturated carbocycles. The van der Waals surface area contributed by atoms with Crippen LogP contribution in [0.4, 0.5) is 0 Å². The summed E-state index contributed by atoms with van der Waals surface area (Å²) in [5.41, 5.74) is 4.07. The van der Waals surface area contributed by atoms with Gasteiger partial charge in [-0.2, -0.15) is 0 Å². The van der Waals surface area contributed by atoms with Crippen LogP contribution < -0.4 is 0 Å². The summed E-state index contributed by atoms with van der Waals surface area (Å²) in [7, 11) is 0. The minimum atomic E-state index is 0.490. The van der Waals surface area contributed by atoms with E-state index in [2.05, 4.69) is 40.7 Å². The van der Waals surface area contributed by atoms with Crippen molar-refractivity contribution in [2.45, 2.75) is 113 Å². The van der Waals surface area contributed by atoms with Crippen LogP contribution in [0.2, 0.25) is 0 Å². The Kier molecular flexibility index (Phi) is 5.00. The molecule has 3 fully saturated rings. The van der Waals surface area contributed by atoms with Crippen molar-refractivity contribution in [1.82, 2.24) is 0 Å².